The first kappa shape index (κ1) is 12.4. The van der Waals surface area contributed by atoms with E-state index in [2.05, 4.69) is 20.7 Å². The highest BCUT2D eigenvalue weighted by atomic mass is 19.1. The maximum atomic E-state index is 13.8. The third-order valence-corrected chi connectivity index (χ3v) is 2.90. The number of anilines is 3. The number of nitrogen functional groups attached to an aromatic ring is 1. The van der Waals surface area contributed by atoms with Crippen molar-refractivity contribution < 1.29 is 4.39 Å². The monoisotopic (exact) mass is 272 g/mol. The first-order valence-electron chi connectivity index (χ1n) is 6.01. The molecule has 0 saturated heterocycles. The van der Waals surface area contributed by atoms with E-state index < -0.39 is 0 Å². The lowest BCUT2D eigenvalue weighted by Crippen LogP contribution is -2.11. The molecule has 0 aliphatic carbocycles. The zero-order chi connectivity index (χ0) is 14.1. The summed E-state index contributed by atoms with van der Waals surface area (Å²) in [6, 6.07) is 4.82. The number of aromatic nitrogens is 3. The number of nitrogens with zero attached hydrogens (tertiary/aromatic N) is 3. The van der Waals surface area contributed by atoms with E-state index in [0.29, 0.717) is 23.0 Å². The molecule has 6 nitrogen and oxygen atoms in total. The molecule has 0 saturated carbocycles. The number of fused-ring (bicyclic) bond motifs is 1. The average molecular weight is 272 g/mol. The van der Waals surface area contributed by atoms with Gasteiger partial charge < -0.3 is 15.1 Å². The molecule has 0 bridgehead atoms. The molecule has 0 amide bonds. The molecular formula is C13H13FN6. The Bertz CT molecular complexity index is 767. The molecule has 3 aromatic rings. The number of hydrogen-bond donors (Lipinski definition) is 3. The summed E-state index contributed by atoms with van der Waals surface area (Å²) in [5.74, 6) is 5.90. The normalized spacial score (nSPS) is 10.8. The van der Waals surface area contributed by atoms with Crippen LogP contribution < -0.4 is 16.6 Å². The van der Waals surface area contributed by atoms with Crippen molar-refractivity contribution in [2.75, 3.05) is 10.7 Å². The summed E-state index contributed by atoms with van der Waals surface area (Å²) in [5.41, 5.74) is 4.35. The minimum absolute atomic E-state index is 0.344. The Morgan fingerprint density at radius 3 is 3.00 bits per heavy atom. The summed E-state index contributed by atoms with van der Waals surface area (Å²) in [4.78, 5) is 8.45. The van der Waals surface area contributed by atoms with Crippen LogP contribution in [0.1, 0.15) is 5.56 Å². The average Bonchev–Trinajstić information content (AvgIpc) is 2.91. The molecule has 20 heavy (non-hydrogen) atoms. The fraction of sp³-hybridized carbons (Fsp3) is 0.0769. The van der Waals surface area contributed by atoms with Crippen molar-refractivity contribution in [2.45, 2.75) is 6.92 Å². The summed E-state index contributed by atoms with van der Waals surface area (Å²) < 4.78 is 15.6. The van der Waals surface area contributed by atoms with Gasteiger partial charge in [-0.2, -0.15) is 0 Å². The van der Waals surface area contributed by atoms with Crippen molar-refractivity contribution in [1.82, 2.24) is 14.4 Å². The van der Waals surface area contributed by atoms with E-state index in [-0.39, 0.29) is 5.82 Å². The highest BCUT2D eigenvalue weighted by Crippen LogP contribution is 2.23. The van der Waals surface area contributed by atoms with Gasteiger partial charge in [-0.25, -0.2) is 20.2 Å². The lowest BCUT2D eigenvalue weighted by Gasteiger charge is -2.10. The van der Waals surface area contributed by atoms with Crippen molar-refractivity contribution in [3.05, 3.63) is 48.2 Å². The third kappa shape index (κ3) is 2.14. The number of halogens is 1. The van der Waals surface area contributed by atoms with E-state index in [0.717, 1.165) is 5.56 Å². The number of nitrogens with two attached hydrogens (primary N) is 1. The van der Waals surface area contributed by atoms with Crippen LogP contribution in [0.4, 0.5) is 21.7 Å². The molecule has 1 aromatic carbocycles. The van der Waals surface area contributed by atoms with Crippen LogP contribution in [0, 0.1) is 12.7 Å². The topological polar surface area (TPSA) is 80.3 Å². The van der Waals surface area contributed by atoms with Gasteiger partial charge in [-0.1, -0.05) is 6.07 Å². The molecule has 0 atom stereocenters. The minimum atomic E-state index is -0.354. The van der Waals surface area contributed by atoms with Gasteiger partial charge in [0.15, 0.2) is 17.3 Å². The molecule has 3 rings (SSSR count). The van der Waals surface area contributed by atoms with Crippen molar-refractivity contribution in [3.8, 4) is 0 Å². The van der Waals surface area contributed by atoms with Gasteiger partial charge in [0.1, 0.15) is 5.82 Å². The zero-order valence-electron chi connectivity index (χ0n) is 10.8. The van der Waals surface area contributed by atoms with Crippen LogP contribution in [-0.2, 0) is 0 Å². The molecule has 0 aliphatic heterocycles. The van der Waals surface area contributed by atoms with Gasteiger partial charge >= 0.3 is 0 Å². The van der Waals surface area contributed by atoms with Crippen LogP contribution in [0.5, 0.6) is 0 Å². The van der Waals surface area contributed by atoms with E-state index in [1.165, 1.54) is 6.07 Å². The predicted molar refractivity (Wildman–Crippen MR) is 75.2 cm³/mol. The largest absolute Gasteiger partial charge is 0.335 e. The van der Waals surface area contributed by atoms with E-state index in [1.807, 2.05) is 6.92 Å². The summed E-state index contributed by atoms with van der Waals surface area (Å²) in [5, 5.41) is 2.95. The third-order valence-electron chi connectivity index (χ3n) is 2.90. The van der Waals surface area contributed by atoms with Crippen molar-refractivity contribution in [2.24, 2.45) is 5.84 Å². The second kappa shape index (κ2) is 4.78. The number of aryl methyl sites for hydroxylation is 1. The maximum Gasteiger partial charge on any atom is 0.180 e. The Morgan fingerprint density at radius 1 is 1.35 bits per heavy atom. The van der Waals surface area contributed by atoms with Crippen molar-refractivity contribution in [3.63, 3.8) is 0 Å². The number of hydrogen-bond acceptors (Lipinski definition) is 5. The van der Waals surface area contributed by atoms with Crippen LogP contribution in [0.3, 0.4) is 0 Å². The quantitative estimate of drug-likeness (QED) is 0.503. The van der Waals surface area contributed by atoms with Crippen LogP contribution in [0.2, 0.25) is 0 Å². The molecule has 4 N–H and O–H groups in total. The maximum absolute atomic E-state index is 13.8. The highest BCUT2D eigenvalue weighted by Gasteiger charge is 2.10. The first-order chi connectivity index (χ1) is 9.67. The molecule has 2 heterocycles. The molecule has 0 fully saturated rings. The van der Waals surface area contributed by atoms with E-state index >= 15 is 0 Å². The van der Waals surface area contributed by atoms with Gasteiger partial charge in [-0.05, 0) is 24.6 Å². The molecule has 7 heteroatoms. The SMILES string of the molecule is Cc1ccc(F)c(Nc2nc(NN)cn3ccnc23)c1. The van der Waals surface area contributed by atoms with Crippen molar-refractivity contribution >= 4 is 23.0 Å². The summed E-state index contributed by atoms with van der Waals surface area (Å²) in [6.07, 6.45) is 5.09. The van der Waals surface area contributed by atoms with E-state index in [1.54, 1.807) is 35.1 Å². The summed E-state index contributed by atoms with van der Waals surface area (Å²) >= 11 is 0. The van der Waals surface area contributed by atoms with Gasteiger partial charge in [0, 0.05) is 12.4 Å². The Kier molecular flexibility index (Phi) is 2.96. The second-order valence-corrected chi connectivity index (χ2v) is 4.39. The van der Waals surface area contributed by atoms with Crippen LogP contribution in [0.25, 0.3) is 5.65 Å². The smallest absolute Gasteiger partial charge is 0.180 e. The first-order valence-corrected chi connectivity index (χ1v) is 6.01. The van der Waals surface area contributed by atoms with Crippen molar-refractivity contribution in [1.29, 1.82) is 0 Å². The molecule has 2 aromatic heterocycles. The van der Waals surface area contributed by atoms with Gasteiger partial charge in [0.2, 0.25) is 0 Å². The minimum Gasteiger partial charge on any atom is -0.335 e. The lowest BCUT2D eigenvalue weighted by atomic mass is 10.2. The molecule has 0 spiro atoms. The van der Waals surface area contributed by atoms with Crippen LogP contribution in [0.15, 0.2) is 36.8 Å². The molecule has 0 aliphatic rings. The number of benzene rings is 1. The number of nitrogens with one attached hydrogen (secondary N) is 2. The standard InChI is InChI=1S/C13H13FN6/c1-8-2-3-9(14)10(6-8)17-12-13-16-4-5-20(13)7-11(18-12)19-15/h2-7,19H,15H2,1H3,(H,17,18). The van der Waals surface area contributed by atoms with Gasteiger partial charge in [0.05, 0.1) is 11.9 Å². The number of imidazole rings is 1. The van der Waals surface area contributed by atoms with Gasteiger partial charge in [-0.3, -0.25) is 0 Å². The fourth-order valence-corrected chi connectivity index (χ4v) is 1.95. The van der Waals surface area contributed by atoms with E-state index in [4.69, 9.17) is 5.84 Å². The fourth-order valence-electron chi connectivity index (χ4n) is 1.95. The lowest BCUT2D eigenvalue weighted by molar-refractivity contribution is 0.631. The number of rotatable bonds is 3. The Hall–Kier alpha value is -2.67. The highest BCUT2D eigenvalue weighted by molar-refractivity contribution is 5.72. The number of hydrazine groups is 1. The molecule has 0 unspecified atom stereocenters. The molecule has 0 radical (unpaired) electrons. The summed E-state index contributed by atoms with van der Waals surface area (Å²) in [6.45, 7) is 1.89. The van der Waals surface area contributed by atoms with Crippen LogP contribution >= 0.6 is 0 Å². The van der Waals surface area contributed by atoms with E-state index in [9.17, 15) is 4.39 Å². The molecular weight excluding hydrogens is 259 g/mol. The zero-order valence-corrected chi connectivity index (χ0v) is 10.8. The Labute approximate surface area is 114 Å². The van der Waals surface area contributed by atoms with Crippen LogP contribution in [-0.4, -0.2) is 14.4 Å². The Morgan fingerprint density at radius 2 is 2.20 bits per heavy atom. The van der Waals surface area contributed by atoms with Gasteiger partial charge in [0.25, 0.3) is 0 Å². The summed E-state index contributed by atoms with van der Waals surface area (Å²) in [7, 11) is 0. The van der Waals surface area contributed by atoms with Gasteiger partial charge in [-0.15, -0.1) is 0 Å². The Balaban J connectivity index is 2.09. The molecule has 102 valence electrons. The second-order valence-electron chi connectivity index (χ2n) is 4.39. The predicted octanol–water partition coefficient (Wildman–Crippen LogP) is 2.21.